The number of hydrogen-bond acceptors (Lipinski definition) is 3. The molecule has 2 heterocycles. The lowest BCUT2D eigenvalue weighted by Crippen LogP contribution is -1.96. The fraction of sp³-hybridized carbons (Fsp3) is 0. The molecule has 0 saturated carbocycles. The van der Waals surface area contributed by atoms with Crippen LogP contribution < -0.4 is 0 Å². The van der Waals surface area contributed by atoms with Crippen molar-refractivity contribution in [2.24, 2.45) is 0 Å². The van der Waals surface area contributed by atoms with Crippen molar-refractivity contribution in [2.45, 2.75) is 0 Å². The Morgan fingerprint density at radius 1 is 0.327 bits per heavy atom. The van der Waals surface area contributed by atoms with Crippen LogP contribution in [-0.2, 0) is 0 Å². The molecule has 0 bridgehead atoms. The molecule has 11 aromatic rings. The Kier molecular flexibility index (Phi) is 7.39. The van der Waals surface area contributed by atoms with Crippen LogP contribution in [0.3, 0.4) is 0 Å². The van der Waals surface area contributed by atoms with E-state index in [-0.39, 0.29) is 0 Å². The fourth-order valence-corrected chi connectivity index (χ4v) is 9.36. The SMILES string of the molecule is c1ccc(-c2nc(-c3ccc(-c4ccc(-c5c6ccccc6cc6c5ccc5ccccc56)cc4)cc3)cc(-c3cccc4sc5ccccc5c34)n2)cc1. The van der Waals surface area contributed by atoms with E-state index < -0.39 is 0 Å². The molecule has 0 aliphatic heterocycles. The maximum absolute atomic E-state index is 5.18. The summed E-state index contributed by atoms with van der Waals surface area (Å²) in [6.07, 6.45) is 0. The monoisotopic (exact) mass is 716 g/mol. The van der Waals surface area contributed by atoms with Crippen molar-refractivity contribution < 1.29 is 0 Å². The van der Waals surface area contributed by atoms with Crippen LogP contribution in [-0.4, -0.2) is 9.97 Å². The first-order valence-corrected chi connectivity index (χ1v) is 19.5. The molecule has 0 atom stereocenters. The van der Waals surface area contributed by atoms with E-state index >= 15 is 0 Å². The number of fused-ring (bicyclic) bond motifs is 7. The van der Waals surface area contributed by atoms with Crippen LogP contribution in [0.5, 0.6) is 0 Å². The molecule has 0 amide bonds. The molecule has 0 unspecified atom stereocenters. The van der Waals surface area contributed by atoms with E-state index in [1.807, 2.05) is 29.5 Å². The number of aromatic nitrogens is 2. The number of rotatable bonds is 5. The normalized spacial score (nSPS) is 11.6. The summed E-state index contributed by atoms with van der Waals surface area (Å²) < 4.78 is 2.54. The van der Waals surface area contributed by atoms with Crippen LogP contribution in [0, 0.1) is 0 Å². The standard InChI is InChI=1S/C52H32N2S/c1-2-12-38(13-3-1)52-53-46(32-47(54-52)43-18-10-20-49-51(43)44-17-8-9-19-48(44)55-49)36-25-21-33(22-26-36)34-23-27-37(28-24-34)50-41-16-7-5-14-39(41)31-45-40-15-6-4-11-35(40)29-30-42(45)50/h1-32H. The van der Waals surface area contributed by atoms with Gasteiger partial charge in [0.15, 0.2) is 5.82 Å². The molecule has 0 radical (unpaired) electrons. The van der Waals surface area contributed by atoms with Crippen LogP contribution in [0.2, 0.25) is 0 Å². The quantitative estimate of drug-likeness (QED) is 0.131. The van der Waals surface area contributed by atoms with Crippen molar-refractivity contribution in [1.29, 1.82) is 0 Å². The average molecular weight is 717 g/mol. The minimum atomic E-state index is 0.721. The number of hydrogen-bond donors (Lipinski definition) is 0. The number of thiophene rings is 1. The molecule has 2 aromatic heterocycles. The van der Waals surface area contributed by atoms with Gasteiger partial charge < -0.3 is 0 Å². The second kappa shape index (κ2) is 12.9. The first-order valence-electron chi connectivity index (χ1n) is 18.6. The third kappa shape index (κ3) is 5.40. The molecular formula is C52H32N2S. The van der Waals surface area contributed by atoms with E-state index in [0.29, 0.717) is 0 Å². The van der Waals surface area contributed by atoms with E-state index in [1.54, 1.807) is 0 Å². The van der Waals surface area contributed by atoms with Crippen molar-refractivity contribution in [1.82, 2.24) is 9.97 Å². The molecule has 256 valence electrons. The number of benzene rings is 9. The summed E-state index contributed by atoms with van der Waals surface area (Å²) in [5, 5.41) is 10.1. The van der Waals surface area contributed by atoms with Gasteiger partial charge in [-0.15, -0.1) is 11.3 Å². The maximum atomic E-state index is 5.18. The third-order valence-electron chi connectivity index (χ3n) is 10.9. The van der Waals surface area contributed by atoms with Crippen molar-refractivity contribution in [3.63, 3.8) is 0 Å². The van der Waals surface area contributed by atoms with Gasteiger partial charge in [-0.05, 0) is 78.8 Å². The summed E-state index contributed by atoms with van der Waals surface area (Å²) in [6.45, 7) is 0. The second-order valence-electron chi connectivity index (χ2n) is 14.1. The summed E-state index contributed by atoms with van der Waals surface area (Å²) in [4.78, 5) is 10.3. The molecule has 9 aromatic carbocycles. The largest absolute Gasteiger partial charge is 0.228 e. The smallest absolute Gasteiger partial charge is 0.160 e. The zero-order valence-electron chi connectivity index (χ0n) is 29.8. The van der Waals surface area contributed by atoms with Crippen molar-refractivity contribution in [3.8, 4) is 56.2 Å². The third-order valence-corrected chi connectivity index (χ3v) is 12.0. The Labute approximate surface area is 322 Å². The molecule has 2 nitrogen and oxygen atoms in total. The van der Waals surface area contributed by atoms with Crippen molar-refractivity contribution >= 4 is 63.8 Å². The lowest BCUT2D eigenvalue weighted by molar-refractivity contribution is 1.19. The first-order chi connectivity index (χ1) is 27.2. The van der Waals surface area contributed by atoms with Crippen LogP contribution in [0.15, 0.2) is 194 Å². The topological polar surface area (TPSA) is 25.8 Å². The van der Waals surface area contributed by atoms with Crippen LogP contribution in [0.25, 0.3) is 109 Å². The average Bonchev–Trinajstić information content (AvgIpc) is 3.65. The van der Waals surface area contributed by atoms with Gasteiger partial charge in [-0.25, -0.2) is 9.97 Å². The molecule has 0 spiro atoms. The second-order valence-corrected chi connectivity index (χ2v) is 15.2. The fourth-order valence-electron chi connectivity index (χ4n) is 8.23. The lowest BCUT2D eigenvalue weighted by atomic mass is 9.89. The molecule has 0 aliphatic carbocycles. The highest BCUT2D eigenvalue weighted by Crippen LogP contribution is 2.42. The predicted octanol–water partition coefficient (Wildman–Crippen LogP) is 14.6. The highest BCUT2D eigenvalue weighted by molar-refractivity contribution is 7.25. The van der Waals surface area contributed by atoms with Gasteiger partial charge in [0.25, 0.3) is 0 Å². The summed E-state index contributed by atoms with van der Waals surface area (Å²) >= 11 is 1.83. The van der Waals surface area contributed by atoms with Gasteiger partial charge in [0, 0.05) is 36.9 Å². The van der Waals surface area contributed by atoms with Gasteiger partial charge in [-0.3, -0.25) is 0 Å². The molecule has 3 heteroatoms. The van der Waals surface area contributed by atoms with Gasteiger partial charge in [-0.1, -0.05) is 170 Å². The van der Waals surface area contributed by atoms with Crippen LogP contribution in [0.4, 0.5) is 0 Å². The summed E-state index contributed by atoms with van der Waals surface area (Å²) in [5.74, 6) is 0.721. The van der Waals surface area contributed by atoms with E-state index in [2.05, 4.69) is 176 Å². The molecule has 0 fully saturated rings. The Morgan fingerprint density at radius 3 is 1.75 bits per heavy atom. The van der Waals surface area contributed by atoms with Gasteiger partial charge in [-0.2, -0.15) is 0 Å². The first kappa shape index (κ1) is 31.6. The van der Waals surface area contributed by atoms with Gasteiger partial charge in [0.05, 0.1) is 11.4 Å². The van der Waals surface area contributed by atoms with Gasteiger partial charge in [0.2, 0.25) is 0 Å². The molecule has 0 aliphatic rings. The molecule has 0 saturated heterocycles. The Morgan fingerprint density at radius 2 is 0.945 bits per heavy atom. The Balaban J connectivity index is 0.989. The Hall–Kier alpha value is -6.94. The van der Waals surface area contributed by atoms with E-state index in [9.17, 15) is 0 Å². The summed E-state index contributed by atoms with van der Waals surface area (Å²) in [5.41, 5.74) is 9.83. The zero-order chi connectivity index (χ0) is 36.3. The maximum Gasteiger partial charge on any atom is 0.160 e. The Bertz CT molecular complexity index is 3230. The van der Waals surface area contributed by atoms with Crippen molar-refractivity contribution in [3.05, 3.63) is 194 Å². The zero-order valence-corrected chi connectivity index (χ0v) is 30.6. The predicted molar refractivity (Wildman–Crippen MR) is 235 cm³/mol. The van der Waals surface area contributed by atoms with E-state index in [0.717, 1.165) is 39.5 Å². The molecule has 0 N–H and O–H groups in total. The van der Waals surface area contributed by atoms with E-state index in [1.165, 1.54) is 69.2 Å². The highest BCUT2D eigenvalue weighted by Gasteiger charge is 2.16. The highest BCUT2D eigenvalue weighted by atomic mass is 32.1. The van der Waals surface area contributed by atoms with Gasteiger partial charge >= 0.3 is 0 Å². The van der Waals surface area contributed by atoms with Crippen LogP contribution in [0.1, 0.15) is 0 Å². The minimum Gasteiger partial charge on any atom is -0.228 e. The molecule has 55 heavy (non-hydrogen) atoms. The lowest BCUT2D eigenvalue weighted by Gasteiger charge is -2.14. The summed E-state index contributed by atoms with van der Waals surface area (Å²) in [7, 11) is 0. The van der Waals surface area contributed by atoms with Crippen LogP contribution >= 0.6 is 11.3 Å². The van der Waals surface area contributed by atoms with Gasteiger partial charge in [0.1, 0.15) is 0 Å². The molecule has 11 rings (SSSR count). The molecular weight excluding hydrogens is 685 g/mol. The minimum absolute atomic E-state index is 0.721. The van der Waals surface area contributed by atoms with E-state index in [4.69, 9.17) is 9.97 Å². The summed E-state index contributed by atoms with van der Waals surface area (Å²) in [6, 6.07) is 69.8. The number of nitrogens with zero attached hydrogens (tertiary/aromatic N) is 2. The van der Waals surface area contributed by atoms with Crippen molar-refractivity contribution in [2.75, 3.05) is 0 Å².